The molecular formula is C30H45N5O3. The van der Waals surface area contributed by atoms with Gasteiger partial charge in [0, 0.05) is 44.8 Å². The largest absolute Gasteiger partial charge is 0.388 e. The maximum absolute atomic E-state index is 12.3. The first-order chi connectivity index (χ1) is 18.2. The number of hydrogen-bond donors (Lipinski definition) is 2. The number of anilines is 2. The van der Waals surface area contributed by atoms with E-state index in [9.17, 15) is 9.59 Å². The highest BCUT2D eigenvalue weighted by Crippen LogP contribution is 2.31. The molecule has 38 heavy (non-hydrogen) atoms. The van der Waals surface area contributed by atoms with Crippen LogP contribution in [-0.4, -0.2) is 61.5 Å². The number of imidazole rings is 1. The maximum atomic E-state index is 12.3. The van der Waals surface area contributed by atoms with Gasteiger partial charge in [0.25, 0.3) is 0 Å². The first-order valence-electron chi connectivity index (χ1n) is 13.0. The summed E-state index contributed by atoms with van der Waals surface area (Å²) in [6.45, 7) is 11.6. The molecule has 3 rings (SSSR count). The summed E-state index contributed by atoms with van der Waals surface area (Å²) in [6.07, 6.45) is 3.16. The van der Waals surface area contributed by atoms with Gasteiger partial charge < -0.3 is 24.8 Å². The second-order valence-corrected chi connectivity index (χ2v) is 9.59. The summed E-state index contributed by atoms with van der Waals surface area (Å²) < 4.78 is 4.25. The van der Waals surface area contributed by atoms with Crippen LogP contribution in [0.1, 0.15) is 45.5 Å². The van der Waals surface area contributed by atoms with Crippen LogP contribution in [0.3, 0.4) is 0 Å². The number of hydrogen-bond acceptors (Lipinski definition) is 5. The van der Waals surface area contributed by atoms with Gasteiger partial charge >= 0.3 is 0 Å². The van der Waals surface area contributed by atoms with Crippen LogP contribution in [0.5, 0.6) is 0 Å². The van der Waals surface area contributed by atoms with Crippen LogP contribution in [0.15, 0.2) is 54.7 Å². The normalized spacial score (nSPS) is 10.0. The van der Waals surface area contributed by atoms with Crippen LogP contribution < -0.4 is 10.2 Å². The van der Waals surface area contributed by atoms with E-state index in [-0.39, 0.29) is 12.5 Å². The standard InChI is InChI=1S/C24H29N5O2.C4H10.C2H6O/c1-4-12-29(24(31)15-25-17-30)16-23-26-14-21(27-23)19-11-10-18(2)22(13-19)28(3)20-8-6-5-7-9-20;1-4(2)3;1-3-2/h5-11,13-14,17H,4,12,15-16H2,1-3H3,(H,25,30)(H,26,27);4H,1-3H3;1-2H3. The molecule has 2 amide bonds. The molecule has 8 nitrogen and oxygen atoms in total. The molecule has 2 N–H and O–H groups in total. The number of rotatable bonds is 10. The van der Waals surface area contributed by atoms with Gasteiger partial charge in [0.05, 0.1) is 25.0 Å². The van der Waals surface area contributed by atoms with Crippen molar-refractivity contribution in [2.75, 3.05) is 39.3 Å². The Balaban J connectivity index is 0.000000923. The molecule has 0 unspecified atom stereocenters. The average molecular weight is 524 g/mol. The molecule has 0 atom stereocenters. The molecule has 0 spiro atoms. The smallest absolute Gasteiger partial charge is 0.242 e. The third-order valence-corrected chi connectivity index (χ3v) is 5.18. The molecule has 1 heterocycles. The molecule has 8 heteroatoms. The number of nitrogens with zero attached hydrogens (tertiary/aromatic N) is 3. The van der Waals surface area contributed by atoms with Gasteiger partial charge in [-0.05, 0) is 43.0 Å². The molecule has 1 aromatic heterocycles. The fourth-order valence-corrected chi connectivity index (χ4v) is 3.50. The van der Waals surface area contributed by atoms with E-state index in [1.54, 1.807) is 25.3 Å². The number of aryl methyl sites for hydroxylation is 1. The summed E-state index contributed by atoms with van der Waals surface area (Å²) in [5.74, 6) is 1.41. The number of ether oxygens (including phenoxy) is 1. The van der Waals surface area contributed by atoms with E-state index >= 15 is 0 Å². The van der Waals surface area contributed by atoms with Crippen molar-refractivity contribution in [1.82, 2.24) is 20.2 Å². The van der Waals surface area contributed by atoms with Crippen LogP contribution in [0.2, 0.25) is 0 Å². The van der Waals surface area contributed by atoms with Gasteiger partial charge in [-0.25, -0.2) is 4.98 Å². The van der Waals surface area contributed by atoms with Crippen molar-refractivity contribution in [3.63, 3.8) is 0 Å². The lowest BCUT2D eigenvalue weighted by atomic mass is 10.1. The number of aromatic nitrogens is 2. The molecule has 0 fully saturated rings. The first-order valence-corrected chi connectivity index (χ1v) is 13.0. The molecular weight excluding hydrogens is 478 g/mol. The van der Waals surface area contributed by atoms with Gasteiger partial charge in [0.15, 0.2) is 0 Å². The van der Waals surface area contributed by atoms with Gasteiger partial charge in [0.2, 0.25) is 12.3 Å². The lowest BCUT2D eigenvalue weighted by Crippen LogP contribution is -2.38. The number of benzene rings is 2. The van der Waals surface area contributed by atoms with Crippen LogP contribution in [0.25, 0.3) is 11.3 Å². The van der Waals surface area contributed by atoms with Crippen LogP contribution in [-0.2, 0) is 20.9 Å². The number of nitrogens with one attached hydrogen (secondary N) is 2. The van der Waals surface area contributed by atoms with Gasteiger partial charge in [-0.3, -0.25) is 9.59 Å². The summed E-state index contributed by atoms with van der Waals surface area (Å²) in [7, 11) is 5.31. The van der Waals surface area contributed by atoms with E-state index in [4.69, 9.17) is 0 Å². The summed E-state index contributed by atoms with van der Waals surface area (Å²) in [4.78, 5) is 34.5. The lowest BCUT2D eigenvalue weighted by molar-refractivity contribution is -0.132. The number of methoxy groups -OCH3 is 1. The van der Waals surface area contributed by atoms with Gasteiger partial charge in [-0.2, -0.15) is 0 Å². The minimum absolute atomic E-state index is 0.00971. The van der Waals surface area contributed by atoms with Gasteiger partial charge in [0.1, 0.15) is 5.82 Å². The highest BCUT2D eigenvalue weighted by atomic mass is 16.4. The number of carbonyl (C=O) groups excluding carboxylic acids is 2. The van der Waals surface area contributed by atoms with Crippen molar-refractivity contribution in [1.29, 1.82) is 0 Å². The predicted molar refractivity (Wildman–Crippen MR) is 156 cm³/mol. The van der Waals surface area contributed by atoms with E-state index in [1.165, 1.54) is 5.56 Å². The topological polar surface area (TPSA) is 90.6 Å². The van der Waals surface area contributed by atoms with Crippen molar-refractivity contribution in [3.05, 3.63) is 66.1 Å². The summed E-state index contributed by atoms with van der Waals surface area (Å²) in [5, 5.41) is 2.43. The minimum atomic E-state index is -0.131. The Hall–Kier alpha value is -3.65. The number of aromatic amines is 1. The zero-order chi connectivity index (χ0) is 28.5. The third kappa shape index (κ3) is 11.2. The van der Waals surface area contributed by atoms with Crippen LogP contribution in [0, 0.1) is 12.8 Å². The lowest BCUT2D eigenvalue weighted by Gasteiger charge is -2.22. The molecule has 208 valence electrons. The average Bonchev–Trinajstić information content (AvgIpc) is 3.36. The second kappa shape index (κ2) is 17.7. The van der Waals surface area contributed by atoms with E-state index < -0.39 is 0 Å². The number of carbonyl (C=O) groups is 2. The Morgan fingerprint density at radius 3 is 2.34 bits per heavy atom. The Labute approximate surface area is 228 Å². The molecule has 0 saturated carbocycles. The molecule has 0 aliphatic carbocycles. The Morgan fingerprint density at radius 1 is 1.13 bits per heavy atom. The quantitative estimate of drug-likeness (QED) is 0.340. The molecule has 0 aliphatic rings. The summed E-state index contributed by atoms with van der Waals surface area (Å²) >= 11 is 0. The molecule has 0 aliphatic heterocycles. The zero-order valence-corrected chi connectivity index (χ0v) is 24.2. The van der Waals surface area contributed by atoms with Crippen molar-refractivity contribution in [2.24, 2.45) is 5.92 Å². The van der Waals surface area contributed by atoms with E-state index in [1.807, 2.05) is 25.1 Å². The Bertz CT molecular complexity index is 1080. The van der Waals surface area contributed by atoms with Crippen LogP contribution >= 0.6 is 0 Å². The van der Waals surface area contributed by atoms with E-state index in [2.05, 4.69) is 90.0 Å². The number of H-pyrrole nitrogens is 1. The van der Waals surface area contributed by atoms with Crippen molar-refractivity contribution in [3.8, 4) is 11.3 Å². The van der Waals surface area contributed by atoms with Crippen LogP contribution in [0.4, 0.5) is 11.4 Å². The zero-order valence-electron chi connectivity index (χ0n) is 24.2. The number of amides is 2. The van der Waals surface area contributed by atoms with Crippen molar-refractivity contribution >= 4 is 23.7 Å². The van der Waals surface area contributed by atoms with E-state index in [0.29, 0.717) is 25.3 Å². The van der Waals surface area contributed by atoms with Crippen molar-refractivity contribution < 1.29 is 14.3 Å². The van der Waals surface area contributed by atoms with Crippen molar-refractivity contribution in [2.45, 2.75) is 47.6 Å². The highest BCUT2D eigenvalue weighted by Gasteiger charge is 2.15. The number of para-hydroxylation sites is 1. The monoisotopic (exact) mass is 523 g/mol. The van der Waals surface area contributed by atoms with Gasteiger partial charge in [-0.15, -0.1) is 0 Å². The first kappa shape index (κ1) is 32.4. The third-order valence-electron chi connectivity index (χ3n) is 5.18. The minimum Gasteiger partial charge on any atom is -0.388 e. The molecule has 0 bridgehead atoms. The Kier molecular flexibility index (Phi) is 15.1. The predicted octanol–water partition coefficient (Wildman–Crippen LogP) is 5.56. The molecule has 2 aromatic carbocycles. The Morgan fingerprint density at radius 2 is 1.76 bits per heavy atom. The second-order valence-electron chi connectivity index (χ2n) is 9.59. The fourth-order valence-electron chi connectivity index (χ4n) is 3.50. The summed E-state index contributed by atoms with van der Waals surface area (Å²) in [6, 6.07) is 16.5. The fraction of sp³-hybridized carbons (Fsp3) is 0.433. The highest BCUT2D eigenvalue weighted by molar-refractivity contribution is 5.80. The SMILES string of the molecule is CC(C)C.CCCN(Cc1ncc(-c2ccc(C)c(N(C)c3ccccc3)c2)[nH]1)C(=O)CNC=O.COC. The molecule has 0 radical (unpaired) electrons. The van der Waals surface area contributed by atoms with Gasteiger partial charge in [-0.1, -0.05) is 58.0 Å². The maximum Gasteiger partial charge on any atom is 0.242 e. The molecule has 3 aromatic rings. The molecule has 0 saturated heterocycles. The summed E-state index contributed by atoms with van der Waals surface area (Å²) in [5.41, 5.74) is 5.33. The van der Waals surface area contributed by atoms with E-state index in [0.717, 1.165) is 35.0 Å².